The molecule has 0 fully saturated rings. The molecular weight excluding hydrogens is 285 g/mol. The average Bonchev–Trinajstić information content (AvgIpc) is 2.37. The summed E-state index contributed by atoms with van der Waals surface area (Å²) in [6.45, 7) is 2.04. The SMILES string of the molecule is CCC(C(N)=S)n1cc(I)cn1. The second-order valence-electron chi connectivity index (χ2n) is 2.46. The number of hydrogen-bond acceptors (Lipinski definition) is 2. The third-order valence-electron chi connectivity index (χ3n) is 1.60. The fraction of sp³-hybridized carbons (Fsp3) is 0.429. The third-order valence-corrected chi connectivity index (χ3v) is 2.43. The van der Waals surface area contributed by atoms with Crippen LogP contribution < -0.4 is 5.73 Å². The number of aromatic nitrogens is 2. The van der Waals surface area contributed by atoms with E-state index in [1.807, 2.05) is 17.8 Å². The standard InChI is InChI=1S/C7H10IN3S/c1-2-6(7(9)12)11-4-5(8)3-10-11/h3-4,6H,2H2,1H3,(H2,9,12). The van der Waals surface area contributed by atoms with Crippen LogP contribution in [-0.2, 0) is 0 Å². The summed E-state index contributed by atoms with van der Waals surface area (Å²) < 4.78 is 2.91. The molecule has 3 nitrogen and oxygen atoms in total. The van der Waals surface area contributed by atoms with Gasteiger partial charge in [-0.3, -0.25) is 4.68 Å². The van der Waals surface area contributed by atoms with Crippen LogP contribution in [0.5, 0.6) is 0 Å². The van der Waals surface area contributed by atoms with Crippen molar-refractivity contribution in [2.75, 3.05) is 0 Å². The Morgan fingerprint density at radius 1 is 1.92 bits per heavy atom. The van der Waals surface area contributed by atoms with Gasteiger partial charge in [0.1, 0.15) is 6.04 Å². The molecule has 1 aromatic rings. The summed E-state index contributed by atoms with van der Waals surface area (Å²) in [7, 11) is 0. The van der Waals surface area contributed by atoms with Crippen LogP contribution in [0.25, 0.3) is 0 Å². The molecule has 0 aliphatic rings. The van der Waals surface area contributed by atoms with Crippen LogP contribution in [-0.4, -0.2) is 14.8 Å². The minimum absolute atomic E-state index is 0.0588. The van der Waals surface area contributed by atoms with Crippen molar-refractivity contribution in [1.29, 1.82) is 0 Å². The Hall–Kier alpha value is -0.170. The molecule has 0 spiro atoms. The molecule has 1 unspecified atom stereocenters. The van der Waals surface area contributed by atoms with Crippen molar-refractivity contribution in [3.05, 3.63) is 16.0 Å². The molecule has 12 heavy (non-hydrogen) atoms. The lowest BCUT2D eigenvalue weighted by Gasteiger charge is -2.12. The molecule has 1 aromatic heterocycles. The quantitative estimate of drug-likeness (QED) is 0.682. The largest absolute Gasteiger partial charge is 0.392 e. The Bertz CT molecular complexity index is 284. The summed E-state index contributed by atoms with van der Waals surface area (Å²) in [6.07, 6.45) is 4.61. The minimum atomic E-state index is 0.0588. The molecule has 2 N–H and O–H groups in total. The predicted octanol–water partition coefficient (Wildman–Crippen LogP) is 1.72. The smallest absolute Gasteiger partial charge is 0.101 e. The molecule has 0 bridgehead atoms. The first-order valence-electron chi connectivity index (χ1n) is 3.64. The fourth-order valence-corrected chi connectivity index (χ4v) is 1.69. The molecule has 1 atom stereocenters. The van der Waals surface area contributed by atoms with Crippen molar-refractivity contribution >= 4 is 39.8 Å². The molecule has 66 valence electrons. The average molecular weight is 295 g/mol. The highest BCUT2D eigenvalue weighted by Gasteiger charge is 2.11. The van der Waals surface area contributed by atoms with Gasteiger partial charge in [-0.25, -0.2) is 0 Å². The highest BCUT2D eigenvalue weighted by molar-refractivity contribution is 14.1. The normalized spacial score (nSPS) is 12.8. The lowest BCUT2D eigenvalue weighted by Crippen LogP contribution is -2.24. The van der Waals surface area contributed by atoms with E-state index < -0.39 is 0 Å². The highest BCUT2D eigenvalue weighted by atomic mass is 127. The van der Waals surface area contributed by atoms with Crippen LogP contribution in [0.3, 0.4) is 0 Å². The van der Waals surface area contributed by atoms with Crippen molar-refractivity contribution in [3.63, 3.8) is 0 Å². The summed E-state index contributed by atoms with van der Waals surface area (Å²) in [5, 5.41) is 4.15. The van der Waals surface area contributed by atoms with E-state index in [2.05, 4.69) is 27.7 Å². The summed E-state index contributed by atoms with van der Waals surface area (Å²) in [5.41, 5.74) is 5.56. The van der Waals surface area contributed by atoms with E-state index in [9.17, 15) is 0 Å². The maximum atomic E-state index is 5.56. The predicted molar refractivity (Wildman–Crippen MR) is 61.1 cm³/mol. The van der Waals surface area contributed by atoms with E-state index in [1.54, 1.807) is 6.20 Å². The van der Waals surface area contributed by atoms with Crippen LogP contribution >= 0.6 is 34.8 Å². The summed E-state index contributed by atoms with van der Waals surface area (Å²) in [4.78, 5) is 0.497. The number of rotatable bonds is 3. The summed E-state index contributed by atoms with van der Waals surface area (Å²) >= 11 is 7.13. The van der Waals surface area contributed by atoms with Crippen molar-refractivity contribution in [2.24, 2.45) is 5.73 Å². The van der Waals surface area contributed by atoms with E-state index in [4.69, 9.17) is 18.0 Å². The van der Waals surface area contributed by atoms with Gasteiger partial charge < -0.3 is 5.73 Å². The second-order valence-corrected chi connectivity index (χ2v) is 4.18. The summed E-state index contributed by atoms with van der Waals surface area (Å²) in [6, 6.07) is 0.0588. The van der Waals surface area contributed by atoms with Crippen LogP contribution in [0, 0.1) is 3.57 Å². The van der Waals surface area contributed by atoms with Crippen molar-refractivity contribution < 1.29 is 0 Å². The van der Waals surface area contributed by atoms with Crippen molar-refractivity contribution in [3.8, 4) is 0 Å². The molecular formula is C7H10IN3S. The molecule has 0 aliphatic heterocycles. The number of halogens is 1. The van der Waals surface area contributed by atoms with Gasteiger partial charge in [-0.1, -0.05) is 19.1 Å². The van der Waals surface area contributed by atoms with Crippen LogP contribution in [0.4, 0.5) is 0 Å². The molecule has 0 radical (unpaired) electrons. The molecule has 0 amide bonds. The third kappa shape index (κ3) is 2.16. The van der Waals surface area contributed by atoms with Gasteiger partial charge in [0.05, 0.1) is 14.8 Å². The maximum Gasteiger partial charge on any atom is 0.101 e. The Labute approximate surface area is 90.5 Å². The lowest BCUT2D eigenvalue weighted by atomic mass is 10.2. The molecule has 0 aromatic carbocycles. The Morgan fingerprint density at radius 3 is 2.92 bits per heavy atom. The minimum Gasteiger partial charge on any atom is -0.392 e. The number of nitrogens with two attached hydrogens (primary N) is 1. The van der Waals surface area contributed by atoms with Crippen LogP contribution in [0.15, 0.2) is 12.4 Å². The van der Waals surface area contributed by atoms with Crippen LogP contribution in [0.2, 0.25) is 0 Å². The zero-order valence-electron chi connectivity index (χ0n) is 6.70. The Kier molecular flexibility index (Phi) is 3.45. The molecule has 0 saturated heterocycles. The molecule has 1 heterocycles. The molecule has 0 saturated carbocycles. The monoisotopic (exact) mass is 295 g/mol. The number of nitrogens with zero attached hydrogens (tertiary/aromatic N) is 2. The van der Waals surface area contributed by atoms with Gasteiger partial charge >= 0.3 is 0 Å². The summed E-state index contributed by atoms with van der Waals surface area (Å²) in [5.74, 6) is 0. The van der Waals surface area contributed by atoms with Gasteiger partial charge in [-0.05, 0) is 29.0 Å². The van der Waals surface area contributed by atoms with Crippen molar-refractivity contribution in [1.82, 2.24) is 9.78 Å². The maximum absolute atomic E-state index is 5.56. The van der Waals surface area contributed by atoms with Gasteiger partial charge in [0.2, 0.25) is 0 Å². The molecule has 5 heteroatoms. The van der Waals surface area contributed by atoms with E-state index in [1.165, 1.54) is 0 Å². The van der Waals surface area contributed by atoms with E-state index in [0.717, 1.165) is 9.99 Å². The Morgan fingerprint density at radius 2 is 2.58 bits per heavy atom. The number of hydrogen-bond donors (Lipinski definition) is 1. The second kappa shape index (κ2) is 4.18. The first kappa shape index (κ1) is 9.91. The van der Waals surface area contributed by atoms with Crippen LogP contribution in [0.1, 0.15) is 19.4 Å². The molecule has 0 aliphatic carbocycles. The zero-order valence-corrected chi connectivity index (χ0v) is 9.67. The van der Waals surface area contributed by atoms with Gasteiger partial charge in [-0.15, -0.1) is 0 Å². The van der Waals surface area contributed by atoms with Gasteiger partial charge in [-0.2, -0.15) is 5.10 Å². The van der Waals surface area contributed by atoms with E-state index in [0.29, 0.717) is 4.99 Å². The molecule has 1 rings (SSSR count). The topological polar surface area (TPSA) is 43.8 Å². The van der Waals surface area contributed by atoms with E-state index >= 15 is 0 Å². The van der Waals surface area contributed by atoms with Crippen molar-refractivity contribution in [2.45, 2.75) is 19.4 Å². The lowest BCUT2D eigenvalue weighted by molar-refractivity contribution is 0.553. The van der Waals surface area contributed by atoms with E-state index in [-0.39, 0.29) is 6.04 Å². The Balaban J connectivity index is 2.87. The zero-order chi connectivity index (χ0) is 9.14. The van der Waals surface area contributed by atoms with Gasteiger partial charge in [0.25, 0.3) is 0 Å². The first-order chi connectivity index (χ1) is 5.65. The number of thiocarbonyl (C=S) groups is 1. The first-order valence-corrected chi connectivity index (χ1v) is 5.12. The van der Waals surface area contributed by atoms with Gasteiger partial charge in [0.15, 0.2) is 0 Å². The fourth-order valence-electron chi connectivity index (χ4n) is 1.00. The van der Waals surface area contributed by atoms with Gasteiger partial charge in [0, 0.05) is 6.20 Å². The highest BCUT2D eigenvalue weighted by Crippen LogP contribution is 2.12.